The van der Waals surface area contributed by atoms with Crippen molar-refractivity contribution in [1.82, 2.24) is 0 Å². The molecule has 18 heavy (non-hydrogen) atoms. The molecule has 0 aromatic carbocycles. The maximum atomic E-state index is 11.5. The highest BCUT2D eigenvalue weighted by Gasteiger charge is 2.20. The lowest BCUT2D eigenvalue weighted by atomic mass is 9.97. The summed E-state index contributed by atoms with van der Waals surface area (Å²) in [6.07, 6.45) is 3.44. The lowest BCUT2D eigenvalue weighted by Crippen LogP contribution is -2.24. The fourth-order valence-corrected chi connectivity index (χ4v) is 1.78. The predicted molar refractivity (Wildman–Crippen MR) is 70.1 cm³/mol. The SMILES string of the molecule is CCCC(CCCC(=O)OC(C)(C)C)C(=O)OC. The molecule has 0 heterocycles. The summed E-state index contributed by atoms with van der Waals surface area (Å²) in [5, 5.41) is 0. The van der Waals surface area contributed by atoms with E-state index in [4.69, 9.17) is 9.47 Å². The van der Waals surface area contributed by atoms with Crippen LogP contribution in [0.4, 0.5) is 0 Å². The van der Waals surface area contributed by atoms with Gasteiger partial charge in [-0.2, -0.15) is 0 Å². The Bertz CT molecular complexity index is 265. The highest BCUT2D eigenvalue weighted by Crippen LogP contribution is 2.17. The lowest BCUT2D eigenvalue weighted by Gasteiger charge is -2.19. The van der Waals surface area contributed by atoms with Gasteiger partial charge in [0.1, 0.15) is 5.60 Å². The van der Waals surface area contributed by atoms with E-state index >= 15 is 0 Å². The molecule has 0 aromatic heterocycles. The summed E-state index contributed by atoms with van der Waals surface area (Å²) in [5.74, 6) is -0.480. The second kappa shape index (κ2) is 8.11. The van der Waals surface area contributed by atoms with Gasteiger partial charge in [0.25, 0.3) is 0 Å². The highest BCUT2D eigenvalue weighted by molar-refractivity contribution is 5.72. The second-order valence-corrected chi connectivity index (χ2v) is 5.49. The van der Waals surface area contributed by atoms with E-state index < -0.39 is 5.60 Å². The number of carbonyl (C=O) groups excluding carboxylic acids is 2. The second-order valence-electron chi connectivity index (χ2n) is 5.49. The topological polar surface area (TPSA) is 52.6 Å². The molecule has 0 aliphatic rings. The Morgan fingerprint density at radius 2 is 1.78 bits per heavy atom. The summed E-state index contributed by atoms with van der Waals surface area (Å²) in [7, 11) is 1.40. The molecule has 0 bridgehead atoms. The Kier molecular flexibility index (Phi) is 7.64. The van der Waals surface area contributed by atoms with Crippen molar-refractivity contribution in [3.05, 3.63) is 0 Å². The van der Waals surface area contributed by atoms with Crippen molar-refractivity contribution in [1.29, 1.82) is 0 Å². The molecule has 106 valence electrons. The maximum Gasteiger partial charge on any atom is 0.308 e. The Labute approximate surface area is 110 Å². The summed E-state index contributed by atoms with van der Waals surface area (Å²) in [4.78, 5) is 23.0. The first-order valence-corrected chi connectivity index (χ1v) is 6.59. The van der Waals surface area contributed by atoms with Crippen molar-refractivity contribution in [2.75, 3.05) is 7.11 Å². The number of hydrogen-bond acceptors (Lipinski definition) is 4. The Balaban J connectivity index is 3.99. The number of hydrogen-bond donors (Lipinski definition) is 0. The van der Waals surface area contributed by atoms with Gasteiger partial charge in [0.05, 0.1) is 13.0 Å². The number of esters is 2. The van der Waals surface area contributed by atoms with Crippen LogP contribution in [0.3, 0.4) is 0 Å². The van der Waals surface area contributed by atoms with Gasteiger partial charge in [-0.1, -0.05) is 13.3 Å². The van der Waals surface area contributed by atoms with Crippen LogP contribution in [-0.2, 0) is 19.1 Å². The summed E-state index contributed by atoms with van der Waals surface area (Å²) >= 11 is 0. The first-order chi connectivity index (χ1) is 8.30. The molecule has 0 aromatic rings. The van der Waals surface area contributed by atoms with Crippen LogP contribution in [0.1, 0.15) is 59.8 Å². The molecule has 0 N–H and O–H groups in total. The largest absolute Gasteiger partial charge is 0.469 e. The third-order valence-electron chi connectivity index (χ3n) is 2.53. The molecule has 0 amide bonds. The normalized spacial score (nSPS) is 12.9. The van der Waals surface area contributed by atoms with Gasteiger partial charge in [-0.15, -0.1) is 0 Å². The van der Waals surface area contributed by atoms with E-state index in [1.165, 1.54) is 7.11 Å². The fourth-order valence-electron chi connectivity index (χ4n) is 1.78. The molecule has 0 spiro atoms. The van der Waals surface area contributed by atoms with Crippen LogP contribution < -0.4 is 0 Å². The van der Waals surface area contributed by atoms with Crippen molar-refractivity contribution in [3.8, 4) is 0 Å². The van der Waals surface area contributed by atoms with Crippen molar-refractivity contribution in [2.24, 2.45) is 5.92 Å². The van der Waals surface area contributed by atoms with Gasteiger partial charge in [-0.25, -0.2) is 0 Å². The zero-order chi connectivity index (χ0) is 14.2. The third kappa shape index (κ3) is 8.09. The summed E-state index contributed by atoms with van der Waals surface area (Å²) < 4.78 is 9.96. The van der Waals surface area contributed by atoms with E-state index in [-0.39, 0.29) is 17.9 Å². The molecule has 0 aliphatic heterocycles. The van der Waals surface area contributed by atoms with E-state index in [1.54, 1.807) is 0 Å². The van der Waals surface area contributed by atoms with Crippen LogP contribution in [0.5, 0.6) is 0 Å². The van der Waals surface area contributed by atoms with E-state index in [2.05, 4.69) is 0 Å². The first kappa shape index (κ1) is 16.9. The van der Waals surface area contributed by atoms with Crippen molar-refractivity contribution >= 4 is 11.9 Å². The van der Waals surface area contributed by atoms with Crippen LogP contribution in [0.2, 0.25) is 0 Å². The molecule has 0 radical (unpaired) electrons. The van der Waals surface area contributed by atoms with E-state index in [9.17, 15) is 9.59 Å². The molecule has 4 nitrogen and oxygen atoms in total. The summed E-state index contributed by atoms with van der Waals surface area (Å²) in [5.41, 5.74) is -0.442. The molecular formula is C14H26O4. The van der Waals surface area contributed by atoms with Crippen LogP contribution in [0.25, 0.3) is 0 Å². The molecule has 1 atom stereocenters. The summed E-state index contributed by atoms with van der Waals surface area (Å²) in [6, 6.07) is 0. The van der Waals surface area contributed by atoms with Crippen molar-refractivity contribution < 1.29 is 19.1 Å². The number of carbonyl (C=O) groups is 2. The van der Waals surface area contributed by atoms with Gasteiger partial charge in [0.2, 0.25) is 0 Å². The molecule has 0 fully saturated rings. The minimum absolute atomic E-state index is 0.0950. The number of ether oxygens (including phenoxy) is 2. The quantitative estimate of drug-likeness (QED) is 0.658. The average molecular weight is 258 g/mol. The fraction of sp³-hybridized carbons (Fsp3) is 0.857. The van der Waals surface area contributed by atoms with Gasteiger partial charge >= 0.3 is 11.9 Å². The Hall–Kier alpha value is -1.06. The number of rotatable bonds is 7. The molecule has 4 heteroatoms. The molecule has 1 unspecified atom stereocenters. The molecule has 0 saturated heterocycles. The minimum atomic E-state index is -0.442. The van der Waals surface area contributed by atoms with Crippen LogP contribution in [0, 0.1) is 5.92 Å². The van der Waals surface area contributed by atoms with Gasteiger partial charge in [0, 0.05) is 6.42 Å². The lowest BCUT2D eigenvalue weighted by molar-refractivity contribution is -0.155. The van der Waals surface area contributed by atoms with Crippen LogP contribution in [-0.4, -0.2) is 24.6 Å². The van der Waals surface area contributed by atoms with Gasteiger partial charge in [0.15, 0.2) is 0 Å². The molecule has 0 aliphatic carbocycles. The van der Waals surface area contributed by atoms with E-state index in [1.807, 2.05) is 27.7 Å². The maximum absolute atomic E-state index is 11.5. The van der Waals surface area contributed by atoms with Crippen molar-refractivity contribution in [2.45, 2.75) is 65.4 Å². The highest BCUT2D eigenvalue weighted by atomic mass is 16.6. The molecule has 0 rings (SSSR count). The molecular weight excluding hydrogens is 232 g/mol. The summed E-state index contributed by atoms with van der Waals surface area (Å²) in [6.45, 7) is 7.57. The van der Waals surface area contributed by atoms with Gasteiger partial charge < -0.3 is 9.47 Å². The van der Waals surface area contributed by atoms with Crippen LogP contribution in [0.15, 0.2) is 0 Å². The monoisotopic (exact) mass is 258 g/mol. The van der Waals surface area contributed by atoms with E-state index in [0.29, 0.717) is 19.3 Å². The van der Waals surface area contributed by atoms with Gasteiger partial charge in [-0.05, 0) is 40.0 Å². The zero-order valence-corrected chi connectivity index (χ0v) is 12.2. The van der Waals surface area contributed by atoms with E-state index in [0.717, 1.165) is 12.8 Å². The van der Waals surface area contributed by atoms with Crippen LogP contribution >= 0.6 is 0 Å². The zero-order valence-electron chi connectivity index (χ0n) is 12.2. The predicted octanol–water partition coefficient (Wildman–Crippen LogP) is 3.09. The van der Waals surface area contributed by atoms with Crippen molar-refractivity contribution in [3.63, 3.8) is 0 Å². The average Bonchev–Trinajstić information content (AvgIpc) is 2.24. The minimum Gasteiger partial charge on any atom is -0.469 e. The Morgan fingerprint density at radius 3 is 2.22 bits per heavy atom. The smallest absolute Gasteiger partial charge is 0.308 e. The Morgan fingerprint density at radius 1 is 1.17 bits per heavy atom. The third-order valence-corrected chi connectivity index (χ3v) is 2.53. The first-order valence-electron chi connectivity index (χ1n) is 6.59. The molecule has 0 saturated carbocycles. The van der Waals surface area contributed by atoms with Gasteiger partial charge in [-0.3, -0.25) is 9.59 Å². The standard InChI is InChI=1S/C14H26O4/c1-6-8-11(13(16)17-5)9-7-10-12(15)18-14(2,3)4/h11H,6-10H2,1-5H3. The number of methoxy groups -OCH3 is 1.